The van der Waals surface area contributed by atoms with Crippen LogP contribution in [0.5, 0.6) is 0 Å². The Hall–Kier alpha value is -2.49. The summed E-state index contributed by atoms with van der Waals surface area (Å²) >= 11 is 0. The Bertz CT molecular complexity index is 1030. The van der Waals surface area contributed by atoms with Gasteiger partial charge in [0.15, 0.2) is 0 Å². The number of carbonyl (C=O) groups excluding carboxylic acids is 2. The second-order valence-corrected chi connectivity index (χ2v) is 10.2. The molecule has 5 heterocycles. The van der Waals surface area contributed by atoms with Gasteiger partial charge in [-0.25, -0.2) is 9.31 Å². The molecule has 3 aliphatic heterocycles. The lowest BCUT2D eigenvalue weighted by molar-refractivity contribution is -0.120. The fourth-order valence-electron chi connectivity index (χ4n) is 5.54. The number of carbonyl (C=O) groups is 2. The third kappa shape index (κ3) is 4.96. The number of pyridine rings is 1. The average molecular weight is 469 g/mol. The number of fused-ring (bicyclic) bond motifs is 1. The van der Waals surface area contributed by atoms with Gasteiger partial charge in [-0.05, 0) is 42.4 Å². The molecule has 3 aliphatic rings. The fraction of sp³-hybridized carbons (Fsp3) is 0.640. The number of imide groups is 1. The summed E-state index contributed by atoms with van der Waals surface area (Å²) in [5.74, 6) is 1.13. The lowest BCUT2D eigenvalue weighted by Gasteiger charge is -2.45. The molecule has 9 nitrogen and oxygen atoms in total. The molecule has 9 heteroatoms. The number of nitrogens with one attached hydrogen (secondary N) is 1. The zero-order valence-corrected chi connectivity index (χ0v) is 20.3. The summed E-state index contributed by atoms with van der Waals surface area (Å²) < 4.78 is 7.35. The van der Waals surface area contributed by atoms with Crippen LogP contribution >= 0.6 is 0 Å². The summed E-state index contributed by atoms with van der Waals surface area (Å²) in [4.78, 5) is 30.8. The third-order valence-corrected chi connectivity index (χ3v) is 7.54. The molecule has 0 bridgehead atoms. The summed E-state index contributed by atoms with van der Waals surface area (Å²) in [7, 11) is 0. The maximum atomic E-state index is 12.4. The van der Waals surface area contributed by atoms with Crippen molar-refractivity contribution in [3.05, 3.63) is 30.1 Å². The molecule has 0 saturated carbocycles. The van der Waals surface area contributed by atoms with E-state index in [2.05, 4.69) is 46.2 Å². The lowest BCUT2D eigenvalue weighted by Crippen LogP contribution is -2.56. The van der Waals surface area contributed by atoms with Gasteiger partial charge in [-0.3, -0.25) is 24.8 Å². The van der Waals surface area contributed by atoms with E-state index in [9.17, 15) is 9.59 Å². The maximum Gasteiger partial charge on any atom is 0.328 e. The van der Waals surface area contributed by atoms with Crippen LogP contribution in [0.3, 0.4) is 0 Å². The Labute approximate surface area is 201 Å². The maximum absolute atomic E-state index is 12.4. The predicted octanol–water partition coefficient (Wildman–Crippen LogP) is 2.35. The molecule has 34 heavy (non-hydrogen) atoms. The minimum Gasteiger partial charge on any atom is -0.381 e. The Balaban J connectivity index is 1.27. The quantitative estimate of drug-likeness (QED) is 0.701. The SMILES string of the molecule is CC(C)C1CN(Cc2ccn3ncc(N4CCC(=O)NC4=O)c3c2)CCN1CC1CCOCC1. The van der Waals surface area contributed by atoms with Gasteiger partial charge in [-0.1, -0.05) is 13.8 Å². The van der Waals surface area contributed by atoms with Gasteiger partial charge in [-0.15, -0.1) is 0 Å². The summed E-state index contributed by atoms with van der Waals surface area (Å²) in [5, 5.41) is 6.82. The number of aromatic nitrogens is 2. The van der Waals surface area contributed by atoms with Crippen molar-refractivity contribution in [3.63, 3.8) is 0 Å². The molecular formula is C25H36N6O3. The first-order valence-corrected chi connectivity index (χ1v) is 12.6. The van der Waals surface area contributed by atoms with Crippen LogP contribution in [0.15, 0.2) is 24.5 Å². The van der Waals surface area contributed by atoms with Gasteiger partial charge in [0, 0.05) is 71.1 Å². The van der Waals surface area contributed by atoms with Gasteiger partial charge in [0.1, 0.15) is 0 Å². The molecule has 0 aromatic carbocycles. The second-order valence-electron chi connectivity index (χ2n) is 10.2. The van der Waals surface area contributed by atoms with E-state index < -0.39 is 0 Å². The zero-order chi connectivity index (χ0) is 23.7. The lowest BCUT2D eigenvalue weighted by atomic mass is 9.94. The third-order valence-electron chi connectivity index (χ3n) is 7.54. The van der Waals surface area contributed by atoms with E-state index in [0.29, 0.717) is 24.9 Å². The molecule has 0 spiro atoms. The van der Waals surface area contributed by atoms with Crippen molar-refractivity contribution in [2.24, 2.45) is 11.8 Å². The highest BCUT2D eigenvalue weighted by molar-refractivity contribution is 6.07. The van der Waals surface area contributed by atoms with Crippen molar-refractivity contribution < 1.29 is 14.3 Å². The normalized spacial score (nSPS) is 23.7. The molecule has 1 N–H and O–H groups in total. The number of hydrogen-bond donors (Lipinski definition) is 1. The Morgan fingerprint density at radius 1 is 1.18 bits per heavy atom. The van der Waals surface area contributed by atoms with Crippen molar-refractivity contribution in [3.8, 4) is 0 Å². The second kappa shape index (κ2) is 10.0. The number of nitrogens with zero attached hydrogens (tertiary/aromatic N) is 5. The van der Waals surface area contributed by atoms with Crippen LogP contribution < -0.4 is 10.2 Å². The Morgan fingerprint density at radius 2 is 2.00 bits per heavy atom. The molecule has 2 aromatic rings. The van der Waals surface area contributed by atoms with Crippen LogP contribution in [0.2, 0.25) is 0 Å². The smallest absolute Gasteiger partial charge is 0.328 e. The average Bonchev–Trinajstić information content (AvgIpc) is 3.24. The van der Waals surface area contributed by atoms with Crippen LogP contribution in [0.25, 0.3) is 5.52 Å². The Kier molecular flexibility index (Phi) is 6.85. The van der Waals surface area contributed by atoms with E-state index in [0.717, 1.165) is 56.5 Å². The molecule has 5 rings (SSSR count). The summed E-state index contributed by atoms with van der Waals surface area (Å²) in [5.41, 5.74) is 2.84. The minimum atomic E-state index is -0.378. The Morgan fingerprint density at radius 3 is 2.76 bits per heavy atom. The fourth-order valence-corrected chi connectivity index (χ4v) is 5.54. The number of rotatable bonds is 6. The van der Waals surface area contributed by atoms with Crippen LogP contribution in [0.1, 0.15) is 38.7 Å². The molecule has 3 fully saturated rings. The van der Waals surface area contributed by atoms with Gasteiger partial charge in [0.2, 0.25) is 5.91 Å². The summed E-state index contributed by atoms with van der Waals surface area (Å²) in [6.45, 7) is 12.1. The first kappa shape index (κ1) is 23.3. The number of hydrogen-bond acceptors (Lipinski definition) is 6. The standard InChI is InChI=1S/C25H36N6O3/c1-18(2)23-17-28(9-10-29(23)16-19-5-11-34-12-6-19)15-20-3-8-31-21(13-20)22(14-26-31)30-7-4-24(32)27-25(30)33/h3,8,13-14,18-19,23H,4-7,9-12,15-17H2,1-2H3,(H,27,32,33). The van der Waals surface area contributed by atoms with Crippen LogP contribution in [0, 0.1) is 11.8 Å². The summed E-state index contributed by atoms with van der Waals surface area (Å²) in [6.07, 6.45) is 6.34. The molecule has 3 saturated heterocycles. The molecule has 1 unspecified atom stereocenters. The van der Waals surface area contributed by atoms with E-state index in [4.69, 9.17) is 4.74 Å². The highest BCUT2D eigenvalue weighted by atomic mass is 16.5. The van der Waals surface area contributed by atoms with Gasteiger partial charge < -0.3 is 4.74 Å². The predicted molar refractivity (Wildman–Crippen MR) is 130 cm³/mol. The zero-order valence-electron chi connectivity index (χ0n) is 20.3. The molecule has 0 radical (unpaired) electrons. The topological polar surface area (TPSA) is 82.4 Å². The molecule has 1 atom stereocenters. The number of amides is 3. The minimum absolute atomic E-state index is 0.228. The van der Waals surface area contributed by atoms with Gasteiger partial charge in [0.25, 0.3) is 0 Å². The van der Waals surface area contributed by atoms with Crippen molar-refractivity contribution in [2.45, 2.75) is 45.7 Å². The largest absolute Gasteiger partial charge is 0.381 e. The van der Waals surface area contributed by atoms with Crippen molar-refractivity contribution in [1.82, 2.24) is 24.7 Å². The first-order valence-electron chi connectivity index (χ1n) is 12.6. The number of anilines is 1. The highest BCUT2D eigenvalue weighted by Gasteiger charge is 2.31. The van der Waals surface area contributed by atoms with Gasteiger partial charge in [-0.2, -0.15) is 5.10 Å². The monoisotopic (exact) mass is 468 g/mol. The van der Waals surface area contributed by atoms with Crippen molar-refractivity contribution in [1.29, 1.82) is 0 Å². The van der Waals surface area contributed by atoms with E-state index in [1.54, 1.807) is 15.6 Å². The number of urea groups is 1. The number of ether oxygens (including phenoxy) is 1. The van der Waals surface area contributed by atoms with Crippen molar-refractivity contribution in [2.75, 3.05) is 50.8 Å². The van der Waals surface area contributed by atoms with E-state index in [1.807, 2.05) is 6.20 Å². The van der Waals surface area contributed by atoms with E-state index >= 15 is 0 Å². The molecule has 3 amide bonds. The molecule has 2 aromatic heterocycles. The van der Waals surface area contributed by atoms with Crippen molar-refractivity contribution >= 4 is 23.1 Å². The first-order chi connectivity index (χ1) is 16.5. The highest BCUT2D eigenvalue weighted by Crippen LogP contribution is 2.26. The number of piperazine rings is 1. The van der Waals surface area contributed by atoms with Gasteiger partial charge >= 0.3 is 6.03 Å². The molecule has 184 valence electrons. The van der Waals surface area contributed by atoms with Crippen LogP contribution in [0.4, 0.5) is 10.5 Å². The van der Waals surface area contributed by atoms with Crippen LogP contribution in [-0.2, 0) is 16.1 Å². The van der Waals surface area contributed by atoms with Gasteiger partial charge in [0.05, 0.1) is 17.4 Å². The van der Waals surface area contributed by atoms with E-state index in [1.165, 1.54) is 24.9 Å². The molecular weight excluding hydrogens is 432 g/mol. The van der Waals surface area contributed by atoms with E-state index in [-0.39, 0.29) is 11.9 Å². The summed E-state index contributed by atoms with van der Waals surface area (Å²) in [6, 6.07) is 4.42. The molecule has 0 aliphatic carbocycles. The van der Waals surface area contributed by atoms with Crippen LogP contribution in [-0.4, -0.2) is 83.3 Å².